The second-order valence-corrected chi connectivity index (χ2v) is 5.87. The van der Waals surface area contributed by atoms with Gasteiger partial charge in [0.2, 0.25) is 5.56 Å². The topological polar surface area (TPSA) is 62.0 Å². The number of carbonyl (C=O) groups is 1. The Bertz CT molecular complexity index is 931. The highest BCUT2D eigenvalue weighted by molar-refractivity contribution is 9.10. The predicted molar refractivity (Wildman–Crippen MR) is 91.4 cm³/mol. The minimum absolute atomic E-state index is 0.296. The number of aromatic amines is 1. The van der Waals surface area contributed by atoms with Gasteiger partial charge in [-0.3, -0.25) is 9.59 Å². The van der Waals surface area contributed by atoms with Gasteiger partial charge in [-0.1, -0.05) is 34.1 Å². The van der Waals surface area contributed by atoms with Crippen molar-refractivity contribution >= 4 is 38.4 Å². The molecule has 0 fully saturated rings. The molecule has 1 aromatic heterocycles. The molecule has 4 nitrogen and oxygen atoms in total. The molecule has 1 amide bonds. The Morgan fingerprint density at radius 1 is 1.14 bits per heavy atom. The van der Waals surface area contributed by atoms with Crippen LogP contribution in [0.1, 0.15) is 15.9 Å². The van der Waals surface area contributed by atoms with Crippen molar-refractivity contribution in [2.45, 2.75) is 6.92 Å². The largest absolute Gasteiger partial charge is 0.322 e. The molecule has 2 N–H and O–H groups in total. The molecule has 0 saturated heterocycles. The lowest BCUT2D eigenvalue weighted by molar-refractivity contribution is 0.102. The van der Waals surface area contributed by atoms with E-state index in [0.29, 0.717) is 22.2 Å². The first-order valence-corrected chi connectivity index (χ1v) is 7.53. The molecule has 110 valence electrons. The third kappa shape index (κ3) is 2.80. The quantitative estimate of drug-likeness (QED) is 0.732. The zero-order valence-electron chi connectivity index (χ0n) is 11.8. The summed E-state index contributed by atoms with van der Waals surface area (Å²) >= 11 is 3.42. The smallest absolute Gasteiger partial charge is 0.256 e. The van der Waals surface area contributed by atoms with Gasteiger partial charge in [-0.15, -0.1) is 0 Å². The Balaban J connectivity index is 2.02. The van der Waals surface area contributed by atoms with Crippen LogP contribution in [0.5, 0.6) is 0 Å². The van der Waals surface area contributed by atoms with E-state index in [0.717, 1.165) is 10.0 Å². The lowest BCUT2D eigenvalue weighted by atomic mass is 10.1. The molecule has 0 atom stereocenters. The molecule has 0 aliphatic carbocycles. The maximum Gasteiger partial charge on any atom is 0.256 e. The molecule has 0 bridgehead atoms. The van der Waals surface area contributed by atoms with Gasteiger partial charge in [0.15, 0.2) is 0 Å². The first-order valence-electron chi connectivity index (χ1n) is 6.74. The number of anilines is 1. The van der Waals surface area contributed by atoms with Crippen LogP contribution in [-0.2, 0) is 0 Å². The van der Waals surface area contributed by atoms with Crippen LogP contribution < -0.4 is 10.9 Å². The minimum Gasteiger partial charge on any atom is -0.322 e. The van der Waals surface area contributed by atoms with E-state index in [2.05, 4.69) is 26.2 Å². The van der Waals surface area contributed by atoms with Crippen molar-refractivity contribution in [3.63, 3.8) is 0 Å². The van der Waals surface area contributed by atoms with Crippen molar-refractivity contribution in [2.75, 3.05) is 5.32 Å². The molecule has 0 saturated carbocycles. The number of benzene rings is 2. The number of hydrogen-bond acceptors (Lipinski definition) is 2. The van der Waals surface area contributed by atoms with E-state index < -0.39 is 0 Å². The van der Waals surface area contributed by atoms with Crippen molar-refractivity contribution in [1.29, 1.82) is 0 Å². The van der Waals surface area contributed by atoms with E-state index in [9.17, 15) is 9.59 Å². The van der Waals surface area contributed by atoms with Crippen LogP contribution in [0, 0.1) is 6.92 Å². The summed E-state index contributed by atoms with van der Waals surface area (Å²) in [4.78, 5) is 26.9. The number of aryl methyl sites for hydroxylation is 1. The normalized spacial score (nSPS) is 10.6. The molecular weight excluding hydrogens is 344 g/mol. The Labute approximate surface area is 135 Å². The van der Waals surface area contributed by atoms with Crippen LogP contribution >= 0.6 is 15.9 Å². The second-order valence-electron chi connectivity index (χ2n) is 5.01. The molecule has 0 aliphatic heterocycles. The monoisotopic (exact) mass is 356 g/mol. The van der Waals surface area contributed by atoms with Crippen molar-refractivity contribution in [3.8, 4) is 0 Å². The van der Waals surface area contributed by atoms with E-state index in [-0.39, 0.29) is 11.5 Å². The van der Waals surface area contributed by atoms with Crippen LogP contribution in [0.2, 0.25) is 0 Å². The lowest BCUT2D eigenvalue weighted by Gasteiger charge is -2.09. The molecule has 5 heteroatoms. The number of aromatic nitrogens is 1. The SMILES string of the molecule is Cc1cc(NC(=O)c2cc(=O)[nH]c3ccccc23)ccc1Br. The summed E-state index contributed by atoms with van der Waals surface area (Å²) < 4.78 is 0.979. The number of pyridine rings is 1. The van der Waals surface area contributed by atoms with Crippen LogP contribution in [-0.4, -0.2) is 10.9 Å². The minimum atomic E-state index is -0.302. The number of nitrogens with one attached hydrogen (secondary N) is 2. The van der Waals surface area contributed by atoms with E-state index in [1.165, 1.54) is 6.07 Å². The zero-order chi connectivity index (χ0) is 15.7. The van der Waals surface area contributed by atoms with Gasteiger partial charge in [0.1, 0.15) is 0 Å². The van der Waals surface area contributed by atoms with Gasteiger partial charge in [-0.25, -0.2) is 0 Å². The van der Waals surface area contributed by atoms with Gasteiger partial charge in [-0.05, 0) is 36.8 Å². The number of carbonyl (C=O) groups excluding carboxylic acids is 1. The van der Waals surface area contributed by atoms with E-state index in [4.69, 9.17) is 0 Å². The van der Waals surface area contributed by atoms with E-state index in [1.54, 1.807) is 6.07 Å². The molecule has 22 heavy (non-hydrogen) atoms. The molecule has 3 aromatic rings. The summed E-state index contributed by atoms with van der Waals surface area (Å²) in [6, 6.07) is 14.1. The van der Waals surface area contributed by atoms with Gasteiger partial charge in [-0.2, -0.15) is 0 Å². The maximum absolute atomic E-state index is 12.5. The maximum atomic E-state index is 12.5. The molecule has 3 rings (SSSR count). The first-order chi connectivity index (χ1) is 10.5. The molecule has 2 aromatic carbocycles. The second kappa shape index (κ2) is 5.77. The standard InChI is InChI=1S/C17H13BrN2O2/c1-10-8-11(6-7-14(10)18)19-17(22)13-9-16(21)20-15-5-3-2-4-12(13)15/h2-9H,1H3,(H,19,22)(H,20,21). The van der Waals surface area contributed by atoms with Gasteiger partial charge in [0.25, 0.3) is 5.91 Å². The number of rotatable bonds is 2. The van der Waals surface area contributed by atoms with Crippen LogP contribution in [0.4, 0.5) is 5.69 Å². The predicted octanol–water partition coefficient (Wildman–Crippen LogP) is 3.85. The highest BCUT2D eigenvalue weighted by Crippen LogP contribution is 2.21. The number of H-pyrrole nitrogens is 1. The summed E-state index contributed by atoms with van der Waals surface area (Å²) in [6.07, 6.45) is 0. The van der Waals surface area contributed by atoms with E-state index >= 15 is 0 Å². The third-order valence-electron chi connectivity index (χ3n) is 3.41. The van der Waals surface area contributed by atoms with Gasteiger partial charge < -0.3 is 10.3 Å². The highest BCUT2D eigenvalue weighted by Gasteiger charge is 2.12. The molecule has 0 aliphatic rings. The Morgan fingerprint density at radius 3 is 2.68 bits per heavy atom. The average Bonchev–Trinajstić information content (AvgIpc) is 2.50. The van der Waals surface area contributed by atoms with Gasteiger partial charge in [0.05, 0.1) is 5.56 Å². The fourth-order valence-electron chi connectivity index (χ4n) is 2.31. The third-order valence-corrected chi connectivity index (χ3v) is 4.30. The Hall–Kier alpha value is -2.40. The fourth-order valence-corrected chi connectivity index (χ4v) is 2.56. The van der Waals surface area contributed by atoms with Crippen molar-refractivity contribution in [2.24, 2.45) is 0 Å². The first kappa shape index (κ1) is 14.5. The summed E-state index contributed by atoms with van der Waals surface area (Å²) in [5.74, 6) is -0.302. The Kier molecular flexibility index (Phi) is 3.81. The van der Waals surface area contributed by atoms with Crippen molar-refractivity contribution < 1.29 is 4.79 Å². The summed E-state index contributed by atoms with van der Waals surface area (Å²) in [5.41, 5.74) is 2.42. The van der Waals surface area contributed by atoms with Crippen molar-refractivity contribution in [1.82, 2.24) is 4.98 Å². The number of fused-ring (bicyclic) bond motifs is 1. The number of halogens is 1. The Morgan fingerprint density at radius 2 is 1.91 bits per heavy atom. The molecule has 1 heterocycles. The van der Waals surface area contributed by atoms with Gasteiger partial charge >= 0.3 is 0 Å². The average molecular weight is 357 g/mol. The van der Waals surface area contributed by atoms with Crippen molar-refractivity contribution in [3.05, 3.63) is 74.5 Å². The van der Waals surface area contributed by atoms with Gasteiger partial charge in [0, 0.05) is 27.1 Å². The van der Waals surface area contributed by atoms with Crippen LogP contribution in [0.3, 0.4) is 0 Å². The van der Waals surface area contributed by atoms with E-state index in [1.807, 2.05) is 43.3 Å². The van der Waals surface area contributed by atoms with Crippen LogP contribution in [0.15, 0.2) is 57.8 Å². The molecule has 0 unspecified atom stereocenters. The molecule has 0 radical (unpaired) electrons. The molecule has 0 spiro atoms. The summed E-state index contributed by atoms with van der Waals surface area (Å²) in [7, 11) is 0. The summed E-state index contributed by atoms with van der Waals surface area (Å²) in [5, 5.41) is 3.55. The lowest BCUT2D eigenvalue weighted by Crippen LogP contribution is -2.16. The fraction of sp³-hybridized carbons (Fsp3) is 0.0588. The van der Waals surface area contributed by atoms with Crippen LogP contribution in [0.25, 0.3) is 10.9 Å². The number of hydrogen-bond donors (Lipinski definition) is 2. The number of amides is 1. The summed E-state index contributed by atoms with van der Waals surface area (Å²) in [6.45, 7) is 1.95. The highest BCUT2D eigenvalue weighted by atomic mass is 79.9. The number of para-hydroxylation sites is 1. The molecular formula is C17H13BrN2O2. The zero-order valence-corrected chi connectivity index (χ0v) is 13.4.